The number of hydrogen-bond acceptors (Lipinski definition) is 4. The fourth-order valence-corrected chi connectivity index (χ4v) is 20.9. The summed E-state index contributed by atoms with van der Waals surface area (Å²) in [4.78, 5) is 4.68. The monoisotopic (exact) mass is 1670 g/mol. The Balaban J connectivity index is 0.000000107. The number of hydrogen-bond donors (Lipinski definition) is 0. The van der Waals surface area contributed by atoms with Gasteiger partial charge in [-0.05, 0) is 247 Å². The smallest absolute Gasteiger partial charge is 0.145 e. The minimum absolute atomic E-state index is 0.865. The number of pyridine rings is 1. The summed E-state index contributed by atoms with van der Waals surface area (Å²) in [6.45, 7) is 0. The molecule has 4 nitrogen and oxygen atoms in total. The molecular formula is C127H79NO3. The predicted molar refractivity (Wildman–Crippen MR) is 553 cm³/mol. The predicted octanol–water partition coefficient (Wildman–Crippen LogP) is 36.0. The summed E-state index contributed by atoms with van der Waals surface area (Å²) in [6.07, 6.45) is 1.84. The average Bonchev–Trinajstić information content (AvgIpc) is 1.65. The van der Waals surface area contributed by atoms with E-state index in [0.717, 1.165) is 82.8 Å². The van der Waals surface area contributed by atoms with Crippen molar-refractivity contribution in [2.24, 2.45) is 0 Å². The molecule has 0 saturated heterocycles. The average molecular weight is 1670 g/mol. The molecule has 0 saturated carbocycles. The van der Waals surface area contributed by atoms with Crippen LogP contribution in [-0.4, -0.2) is 4.98 Å². The number of furan rings is 3. The van der Waals surface area contributed by atoms with Crippen molar-refractivity contribution in [1.29, 1.82) is 0 Å². The minimum Gasteiger partial charge on any atom is -0.456 e. The molecule has 27 aromatic rings. The third-order valence-electron chi connectivity index (χ3n) is 26.7. The van der Waals surface area contributed by atoms with Gasteiger partial charge < -0.3 is 13.3 Å². The topological polar surface area (TPSA) is 52.3 Å². The molecule has 610 valence electrons. The number of rotatable bonds is 10. The molecule has 0 fully saturated rings. The first kappa shape index (κ1) is 76.2. The largest absolute Gasteiger partial charge is 0.456 e. The second-order valence-corrected chi connectivity index (χ2v) is 33.9. The van der Waals surface area contributed by atoms with E-state index in [1.165, 1.54) is 181 Å². The van der Waals surface area contributed by atoms with Crippen LogP contribution in [0, 0.1) is 0 Å². The van der Waals surface area contributed by atoms with Crippen molar-refractivity contribution in [3.63, 3.8) is 0 Å². The van der Waals surface area contributed by atoms with Crippen LogP contribution in [0.5, 0.6) is 0 Å². The first-order valence-electron chi connectivity index (χ1n) is 44.9. The van der Waals surface area contributed by atoms with Gasteiger partial charge in [0.2, 0.25) is 0 Å². The number of fused-ring (bicyclic) bond motifs is 17. The standard InChI is InChI=1S/C48H30O.C41H25NO.C38H24O/c1-2-12-31(13-3-1)33-22-25-34(26-23-33)46-38-16-6-8-18-40(38)47(41-19-9-7-17-39(41)46)43-29-37(36-27-24-32-14-4-5-15-35(32)28-36)30-45-48(43)42-20-10-11-21-44(42)49-45;1-2-14-27-26(12-1)13-11-20-28(27)38-29-15-3-5-17-31(29)39(32-18-6-4-16-30(32)38)35-24-23-33(36-21-9-10-25-42-36)41-40(35)34-19-7-8-22-37(34)43-41;1-2-11-25(12-3-1)26-21-23-27(24-22-26)36-28-13-4-6-15-30(28)37(31-16-7-5-14-29(31)36)33-18-10-20-35-38(33)32-17-8-9-19-34(32)39-35/h1-30H;1-25H;1-24H. The zero-order chi connectivity index (χ0) is 86.4. The molecule has 0 aliphatic rings. The summed E-state index contributed by atoms with van der Waals surface area (Å²) in [6, 6.07) is 170. The summed E-state index contributed by atoms with van der Waals surface area (Å²) < 4.78 is 19.5. The Hall–Kier alpha value is -17.3. The second kappa shape index (κ2) is 32.0. The van der Waals surface area contributed by atoms with Gasteiger partial charge >= 0.3 is 0 Å². The molecule has 0 amide bonds. The lowest BCUT2D eigenvalue weighted by Crippen LogP contribution is -1.92. The summed E-state index contributed by atoms with van der Waals surface area (Å²) in [5.74, 6) is 0. The van der Waals surface area contributed by atoms with Crippen molar-refractivity contribution in [1.82, 2.24) is 4.98 Å². The van der Waals surface area contributed by atoms with Gasteiger partial charge in [-0.25, -0.2) is 0 Å². The van der Waals surface area contributed by atoms with Crippen LogP contribution < -0.4 is 0 Å². The van der Waals surface area contributed by atoms with E-state index in [2.05, 4.69) is 448 Å². The van der Waals surface area contributed by atoms with Crippen molar-refractivity contribution < 1.29 is 13.3 Å². The molecule has 0 N–H and O–H groups in total. The number of nitrogens with zero attached hydrogens (tertiary/aromatic N) is 1. The lowest BCUT2D eigenvalue weighted by Gasteiger charge is -2.19. The molecule has 4 aromatic heterocycles. The first-order chi connectivity index (χ1) is 65.0. The van der Waals surface area contributed by atoms with E-state index in [1.807, 2.05) is 36.5 Å². The van der Waals surface area contributed by atoms with E-state index in [-0.39, 0.29) is 0 Å². The van der Waals surface area contributed by atoms with E-state index in [1.54, 1.807) is 0 Å². The second-order valence-electron chi connectivity index (χ2n) is 33.9. The molecule has 4 heterocycles. The van der Waals surface area contributed by atoms with Gasteiger partial charge in [0.05, 0.1) is 5.69 Å². The fraction of sp³-hybridized carbons (Fsp3) is 0. The number of benzene rings is 23. The van der Waals surface area contributed by atoms with Gasteiger partial charge in [0.25, 0.3) is 0 Å². The number of para-hydroxylation sites is 3. The maximum Gasteiger partial charge on any atom is 0.145 e. The Morgan fingerprint density at radius 3 is 0.969 bits per heavy atom. The van der Waals surface area contributed by atoms with Crippen molar-refractivity contribution in [3.8, 4) is 111 Å². The summed E-state index contributed by atoms with van der Waals surface area (Å²) in [7, 11) is 0. The third kappa shape index (κ3) is 13.0. The summed E-state index contributed by atoms with van der Waals surface area (Å²) in [5, 5.41) is 26.6. The molecule has 0 atom stereocenters. The van der Waals surface area contributed by atoms with Crippen LogP contribution in [0.1, 0.15) is 0 Å². The van der Waals surface area contributed by atoms with Crippen molar-refractivity contribution in [2.45, 2.75) is 0 Å². The van der Waals surface area contributed by atoms with E-state index < -0.39 is 0 Å². The molecule has 0 unspecified atom stereocenters. The van der Waals surface area contributed by atoms with E-state index in [9.17, 15) is 0 Å². The SMILES string of the molecule is c1ccc(-c2ccc(-c3c4ccccc4c(-c4cc(-c5ccc6ccccc6c5)cc5oc6ccccc6c45)c4ccccc34)cc2)cc1.c1ccc(-c2ccc(-c3c4ccccc4c(-c4cccc5ccccc45)c4ccccc34)c3c2oc2ccccc23)nc1.c1ccc(-c2ccc(-c3c4ccccc4c(-c4cccc5oc6ccccc6c45)c4ccccc34)cc2)cc1. The van der Waals surface area contributed by atoms with Crippen LogP contribution >= 0.6 is 0 Å². The molecule has 0 bridgehead atoms. The van der Waals surface area contributed by atoms with E-state index >= 15 is 0 Å². The van der Waals surface area contributed by atoms with E-state index in [4.69, 9.17) is 13.3 Å². The van der Waals surface area contributed by atoms with Crippen LogP contribution in [0.25, 0.3) is 263 Å². The first-order valence-corrected chi connectivity index (χ1v) is 44.9. The quantitative estimate of drug-likeness (QED) is 0.128. The lowest BCUT2D eigenvalue weighted by atomic mass is 9.83. The maximum atomic E-state index is 6.63. The zero-order valence-corrected chi connectivity index (χ0v) is 71.3. The zero-order valence-electron chi connectivity index (χ0n) is 71.3. The summed E-state index contributed by atoms with van der Waals surface area (Å²) >= 11 is 0. The van der Waals surface area contributed by atoms with Crippen molar-refractivity contribution in [3.05, 3.63) is 479 Å². The van der Waals surface area contributed by atoms with Gasteiger partial charge in [-0.15, -0.1) is 0 Å². The normalized spacial score (nSPS) is 11.7. The Labute approximate surface area is 755 Å². The van der Waals surface area contributed by atoms with Crippen LogP contribution in [0.4, 0.5) is 0 Å². The highest BCUT2D eigenvalue weighted by Crippen LogP contribution is 2.54. The fourth-order valence-electron chi connectivity index (χ4n) is 20.9. The van der Waals surface area contributed by atoms with Crippen LogP contribution in [0.3, 0.4) is 0 Å². The third-order valence-corrected chi connectivity index (χ3v) is 26.7. The van der Waals surface area contributed by atoms with E-state index in [0.29, 0.717) is 0 Å². The molecule has 4 heteroatoms. The minimum atomic E-state index is 0.865. The Kier molecular flexibility index (Phi) is 18.6. The van der Waals surface area contributed by atoms with Crippen molar-refractivity contribution >= 4 is 152 Å². The Bertz CT molecular complexity index is 9030. The van der Waals surface area contributed by atoms with Gasteiger partial charge in [0.15, 0.2) is 0 Å². The molecule has 23 aromatic carbocycles. The van der Waals surface area contributed by atoms with Crippen LogP contribution in [-0.2, 0) is 0 Å². The molecular weight excluding hydrogens is 1590 g/mol. The van der Waals surface area contributed by atoms with Gasteiger partial charge in [-0.1, -0.05) is 413 Å². The molecule has 131 heavy (non-hydrogen) atoms. The van der Waals surface area contributed by atoms with Gasteiger partial charge in [-0.2, -0.15) is 0 Å². The van der Waals surface area contributed by atoms with Crippen LogP contribution in [0.15, 0.2) is 493 Å². The Morgan fingerprint density at radius 2 is 0.473 bits per heavy atom. The van der Waals surface area contributed by atoms with Gasteiger partial charge in [-0.3, -0.25) is 4.98 Å². The maximum absolute atomic E-state index is 6.63. The molecule has 0 aliphatic heterocycles. The highest BCUT2D eigenvalue weighted by molar-refractivity contribution is 6.31. The molecule has 0 radical (unpaired) electrons. The van der Waals surface area contributed by atoms with Gasteiger partial charge in [0, 0.05) is 44.1 Å². The highest BCUT2D eigenvalue weighted by atomic mass is 16.3. The molecule has 0 aliphatic carbocycles. The Morgan fingerprint density at radius 1 is 0.145 bits per heavy atom. The summed E-state index contributed by atoms with van der Waals surface area (Å²) in [5.41, 5.74) is 29.2. The number of aromatic nitrogens is 1. The highest BCUT2D eigenvalue weighted by Gasteiger charge is 2.27. The molecule has 27 rings (SSSR count). The lowest BCUT2D eigenvalue weighted by molar-refractivity contribution is 0.668. The van der Waals surface area contributed by atoms with Gasteiger partial charge in [0.1, 0.15) is 33.5 Å². The molecule has 0 spiro atoms. The van der Waals surface area contributed by atoms with Crippen molar-refractivity contribution in [2.75, 3.05) is 0 Å². The van der Waals surface area contributed by atoms with Crippen LogP contribution in [0.2, 0.25) is 0 Å².